The van der Waals surface area contributed by atoms with Gasteiger partial charge in [-0.15, -0.1) is 0 Å². The molecule has 0 spiro atoms. The summed E-state index contributed by atoms with van der Waals surface area (Å²) in [5, 5.41) is 10.1. The largest absolute Gasteiger partial charge is 0.376 e. The number of morpholine rings is 1. The number of fused-ring (bicyclic) bond motifs is 1. The number of nitriles is 1. The van der Waals surface area contributed by atoms with E-state index in [-0.39, 0.29) is 12.3 Å². The highest BCUT2D eigenvalue weighted by Gasteiger charge is 2.27. The molecular weight excluding hydrogens is 334 g/mol. The van der Waals surface area contributed by atoms with Gasteiger partial charge in [-0.25, -0.2) is 0 Å². The van der Waals surface area contributed by atoms with Crippen molar-refractivity contribution in [3.63, 3.8) is 0 Å². The third kappa shape index (κ3) is 2.67. The summed E-state index contributed by atoms with van der Waals surface area (Å²) in [6, 6.07) is 7.51. The fourth-order valence-corrected chi connectivity index (χ4v) is 3.24. The maximum Gasteiger partial charge on any atom is 0.228 e. The van der Waals surface area contributed by atoms with E-state index in [0.717, 1.165) is 20.9 Å². The molecule has 1 aromatic heterocycles. The van der Waals surface area contributed by atoms with E-state index in [0.29, 0.717) is 19.8 Å². The Morgan fingerprint density at radius 2 is 2.43 bits per heavy atom. The molecule has 0 bridgehead atoms. The molecule has 1 saturated heterocycles. The van der Waals surface area contributed by atoms with E-state index >= 15 is 0 Å². The van der Waals surface area contributed by atoms with Crippen LogP contribution in [-0.4, -0.2) is 41.6 Å². The van der Waals surface area contributed by atoms with Gasteiger partial charge in [0.1, 0.15) is 6.04 Å². The number of aromatic amines is 1. The summed E-state index contributed by atoms with van der Waals surface area (Å²) in [5.74, 6) is -0.0403. The predicted molar refractivity (Wildman–Crippen MR) is 81.6 cm³/mol. The van der Waals surface area contributed by atoms with Crippen molar-refractivity contribution in [3.8, 4) is 6.07 Å². The zero-order chi connectivity index (χ0) is 14.8. The van der Waals surface area contributed by atoms with Crippen molar-refractivity contribution in [1.82, 2.24) is 9.88 Å². The van der Waals surface area contributed by atoms with Gasteiger partial charge in [0, 0.05) is 28.1 Å². The maximum atomic E-state index is 12.5. The highest BCUT2D eigenvalue weighted by Crippen LogP contribution is 2.27. The lowest BCUT2D eigenvalue weighted by Gasteiger charge is -2.31. The van der Waals surface area contributed by atoms with Gasteiger partial charge in [0.25, 0.3) is 0 Å². The average Bonchev–Trinajstić information content (AvgIpc) is 2.91. The molecule has 1 fully saturated rings. The molecule has 0 aliphatic carbocycles. The van der Waals surface area contributed by atoms with Crippen molar-refractivity contribution in [2.24, 2.45) is 0 Å². The average molecular weight is 348 g/mol. The molecule has 3 rings (SSSR count). The first kappa shape index (κ1) is 14.1. The van der Waals surface area contributed by atoms with Crippen molar-refractivity contribution in [1.29, 1.82) is 5.26 Å². The van der Waals surface area contributed by atoms with E-state index in [2.05, 4.69) is 27.0 Å². The Balaban J connectivity index is 1.85. The van der Waals surface area contributed by atoms with Crippen molar-refractivity contribution in [2.75, 3.05) is 19.8 Å². The maximum absolute atomic E-state index is 12.5. The summed E-state index contributed by atoms with van der Waals surface area (Å²) in [6.07, 6.45) is 2.13. The SMILES string of the molecule is N#CC1COCCN1C(=O)Cc1c[nH]c2cccc(Br)c12. The van der Waals surface area contributed by atoms with Gasteiger partial charge >= 0.3 is 0 Å². The number of halogens is 1. The van der Waals surface area contributed by atoms with E-state index in [1.54, 1.807) is 4.90 Å². The molecular formula is C15H14BrN3O2. The van der Waals surface area contributed by atoms with E-state index < -0.39 is 6.04 Å². The van der Waals surface area contributed by atoms with Crippen LogP contribution < -0.4 is 0 Å². The second-order valence-electron chi connectivity index (χ2n) is 4.96. The highest BCUT2D eigenvalue weighted by atomic mass is 79.9. The topological polar surface area (TPSA) is 69.1 Å². The molecule has 5 nitrogen and oxygen atoms in total. The minimum Gasteiger partial charge on any atom is -0.376 e. The summed E-state index contributed by atoms with van der Waals surface area (Å²) >= 11 is 3.52. The highest BCUT2D eigenvalue weighted by molar-refractivity contribution is 9.10. The monoisotopic (exact) mass is 347 g/mol. The van der Waals surface area contributed by atoms with Gasteiger partial charge in [-0.2, -0.15) is 5.26 Å². The van der Waals surface area contributed by atoms with Gasteiger partial charge in [0.15, 0.2) is 0 Å². The van der Waals surface area contributed by atoms with Crippen molar-refractivity contribution in [3.05, 3.63) is 34.4 Å². The van der Waals surface area contributed by atoms with Gasteiger partial charge in [0.05, 0.1) is 25.7 Å². The van der Waals surface area contributed by atoms with E-state index in [1.807, 2.05) is 24.4 Å². The van der Waals surface area contributed by atoms with Gasteiger partial charge < -0.3 is 14.6 Å². The van der Waals surface area contributed by atoms with Crippen LogP contribution in [0.25, 0.3) is 10.9 Å². The first-order valence-electron chi connectivity index (χ1n) is 6.72. The summed E-state index contributed by atoms with van der Waals surface area (Å²) in [4.78, 5) is 17.3. The molecule has 0 radical (unpaired) electrons. The molecule has 1 amide bonds. The minimum absolute atomic E-state index is 0.0403. The van der Waals surface area contributed by atoms with Gasteiger partial charge in [-0.05, 0) is 17.7 Å². The van der Waals surface area contributed by atoms with Crippen LogP contribution in [0.1, 0.15) is 5.56 Å². The Labute approximate surface area is 130 Å². The van der Waals surface area contributed by atoms with Crippen molar-refractivity contribution in [2.45, 2.75) is 12.5 Å². The molecule has 2 heterocycles. The molecule has 1 aromatic carbocycles. The number of aromatic nitrogens is 1. The van der Waals surface area contributed by atoms with Crippen LogP contribution in [0.5, 0.6) is 0 Å². The van der Waals surface area contributed by atoms with E-state index in [9.17, 15) is 4.79 Å². The number of nitrogens with one attached hydrogen (secondary N) is 1. The first-order chi connectivity index (χ1) is 10.2. The van der Waals surface area contributed by atoms with Gasteiger partial charge in [0.2, 0.25) is 5.91 Å². The molecule has 1 aliphatic rings. The third-order valence-corrected chi connectivity index (χ3v) is 4.34. The Kier molecular flexibility index (Phi) is 3.95. The van der Waals surface area contributed by atoms with Gasteiger partial charge in [-0.3, -0.25) is 4.79 Å². The quantitative estimate of drug-likeness (QED) is 0.905. The first-order valence-corrected chi connectivity index (χ1v) is 7.51. The standard InChI is InChI=1S/C15H14BrN3O2/c16-12-2-1-3-13-15(12)10(8-18-13)6-14(20)19-4-5-21-9-11(19)7-17/h1-3,8,11,18H,4-6,9H2. The van der Waals surface area contributed by atoms with Crippen LogP contribution in [0.3, 0.4) is 0 Å². The molecule has 6 heteroatoms. The second kappa shape index (κ2) is 5.88. The Bertz CT molecular complexity index is 719. The molecule has 21 heavy (non-hydrogen) atoms. The smallest absolute Gasteiger partial charge is 0.228 e. The number of hydrogen-bond donors (Lipinski definition) is 1. The molecule has 1 atom stereocenters. The van der Waals surface area contributed by atoms with Crippen LogP contribution in [0.2, 0.25) is 0 Å². The number of rotatable bonds is 2. The fourth-order valence-electron chi connectivity index (χ4n) is 2.62. The van der Waals surface area contributed by atoms with Gasteiger partial charge in [-0.1, -0.05) is 22.0 Å². The Hall–Kier alpha value is -1.84. The summed E-state index contributed by atoms with van der Waals surface area (Å²) in [5.41, 5.74) is 1.93. The number of amides is 1. The number of H-pyrrole nitrogens is 1. The number of carbonyl (C=O) groups excluding carboxylic acids is 1. The number of carbonyl (C=O) groups is 1. The molecule has 1 N–H and O–H groups in total. The Morgan fingerprint density at radius 1 is 1.57 bits per heavy atom. The summed E-state index contributed by atoms with van der Waals surface area (Å²) in [7, 11) is 0. The lowest BCUT2D eigenvalue weighted by atomic mass is 10.1. The number of benzene rings is 1. The van der Waals surface area contributed by atoms with Crippen LogP contribution in [-0.2, 0) is 16.0 Å². The number of hydrogen-bond acceptors (Lipinski definition) is 3. The van der Waals surface area contributed by atoms with Crippen LogP contribution >= 0.6 is 15.9 Å². The minimum atomic E-state index is -0.486. The van der Waals surface area contributed by atoms with Crippen LogP contribution in [0.15, 0.2) is 28.9 Å². The van der Waals surface area contributed by atoms with E-state index in [1.165, 1.54) is 0 Å². The number of nitrogens with zero attached hydrogens (tertiary/aromatic N) is 2. The third-order valence-electron chi connectivity index (χ3n) is 3.68. The summed E-state index contributed by atoms with van der Waals surface area (Å²) < 4.78 is 6.21. The summed E-state index contributed by atoms with van der Waals surface area (Å²) in [6.45, 7) is 1.25. The lowest BCUT2D eigenvalue weighted by molar-refractivity contribution is -0.136. The molecule has 2 aromatic rings. The molecule has 108 valence electrons. The van der Waals surface area contributed by atoms with Crippen LogP contribution in [0, 0.1) is 11.3 Å². The zero-order valence-electron chi connectivity index (χ0n) is 11.3. The molecule has 1 aliphatic heterocycles. The Morgan fingerprint density at radius 3 is 3.24 bits per heavy atom. The van der Waals surface area contributed by atoms with Crippen molar-refractivity contribution >= 4 is 32.7 Å². The normalized spacial score (nSPS) is 18.7. The molecule has 0 saturated carbocycles. The second-order valence-corrected chi connectivity index (χ2v) is 5.81. The molecule has 1 unspecified atom stereocenters. The number of ether oxygens (including phenoxy) is 1. The van der Waals surface area contributed by atoms with E-state index in [4.69, 9.17) is 10.00 Å². The van der Waals surface area contributed by atoms with Crippen molar-refractivity contribution < 1.29 is 9.53 Å². The predicted octanol–water partition coefficient (Wildman–Crippen LogP) is 2.22. The zero-order valence-corrected chi connectivity index (χ0v) is 12.9. The lowest BCUT2D eigenvalue weighted by Crippen LogP contribution is -2.48. The fraction of sp³-hybridized carbons (Fsp3) is 0.333. The van der Waals surface area contributed by atoms with Crippen LogP contribution in [0.4, 0.5) is 0 Å².